The molecule has 0 bridgehead atoms. The lowest BCUT2D eigenvalue weighted by Crippen LogP contribution is -2.34. The van der Waals surface area contributed by atoms with Crippen LogP contribution < -0.4 is 5.73 Å². The van der Waals surface area contributed by atoms with Gasteiger partial charge in [0.2, 0.25) is 10.0 Å². The average Bonchev–Trinajstić information content (AvgIpc) is 2.43. The second-order valence-electron chi connectivity index (χ2n) is 4.10. The van der Waals surface area contributed by atoms with Gasteiger partial charge in [0.05, 0.1) is 11.5 Å². The highest BCUT2D eigenvalue weighted by Gasteiger charge is 2.26. The summed E-state index contributed by atoms with van der Waals surface area (Å²) in [7, 11) is -2.36. The average molecular weight is 302 g/mol. The Hall–Kier alpha value is -1.28. The fourth-order valence-electron chi connectivity index (χ4n) is 1.72. The van der Waals surface area contributed by atoms with E-state index in [1.807, 2.05) is 0 Å². The minimum absolute atomic E-state index is 0.0149. The molecule has 0 aliphatic carbocycles. The van der Waals surface area contributed by atoms with Crippen LogP contribution >= 0.6 is 0 Å². The molecule has 5 nitrogen and oxygen atoms in total. The number of ether oxygens (including phenoxy) is 1. The number of hydrogen-bond acceptors (Lipinski definition) is 4. The summed E-state index contributed by atoms with van der Waals surface area (Å²) in [6.07, 6.45) is 1.47. The summed E-state index contributed by atoms with van der Waals surface area (Å²) in [6, 6.07) is 3.55. The van der Waals surface area contributed by atoms with Crippen LogP contribution in [0.3, 0.4) is 0 Å². The molecule has 0 radical (unpaired) electrons. The molecule has 0 saturated heterocycles. The smallest absolute Gasteiger partial charge is 0.243 e. The summed E-state index contributed by atoms with van der Waals surface area (Å²) in [4.78, 5) is -0.113. The summed E-state index contributed by atoms with van der Waals surface area (Å²) >= 11 is 0. The molecule has 0 fully saturated rings. The van der Waals surface area contributed by atoms with Crippen molar-refractivity contribution in [3.8, 4) is 0 Å². The highest BCUT2D eigenvalue weighted by Crippen LogP contribution is 2.21. The highest BCUT2D eigenvalue weighted by atomic mass is 32.2. The Labute approximate surface area is 118 Å². The molecule has 0 aliphatic heterocycles. The molecule has 0 atom stereocenters. The van der Waals surface area contributed by atoms with Crippen molar-refractivity contribution in [1.29, 1.82) is 0 Å². The second kappa shape index (κ2) is 7.49. The molecule has 0 unspecified atom stereocenters. The number of benzene rings is 1. The summed E-state index contributed by atoms with van der Waals surface area (Å²) in [5.41, 5.74) is 5.89. The maximum atomic E-state index is 13.3. The van der Waals surface area contributed by atoms with E-state index in [1.54, 1.807) is 0 Å². The van der Waals surface area contributed by atoms with Crippen LogP contribution in [0.1, 0.15) is 5.56 Å². The SMILES string of the molecule is C=CCN(CCOC)S(=O)(=O)c1cc(F)ccc1CN. The topological polar surface area (TPSA) is 72.6 Å². The van der Waals surface area contributed by atoms with Crippen LogP contribution in [-0.4, -0.2) is 39.5 Å². The summed E-state index contributed by atoms with van der Waals surface area (Å²) in [6.45, 7) is 4.06. The number of sulfonamides is 1. The lowest BCUT2D eigenvalue weighted by atomic mass is 10.2. The van der Waals surface area contributed by atoms with Crippen LogP contribution in [-0.2, 0) is 21.3 Å². The first-order chi connectivity index (χ1) is 9.47. The molecular weight excluding hydrogens is 283 g/mol. The van der Waals surface area contributed by atoms with Gasteiger partial charge < -0.3 is 10.5 Å². The van der Waals surface area contributed by atoms with Gasteiger partial charge in [0.1, 0.15) is 5.82 Å². The lowest BCUT2D eigenvalue weighted by molar-refractivity contribution is 0.182. The van der Waals surface area contributed by atoms with E-state index in [0.717, 1.165) is 6.07 Å². The van der Waals surface area contributed by atoms with Gasteiger partial charge in [-0.2, -0.15) is 4.31 Å². The molecule has 20 heavy (non-hydrogen) atoms. The van der Waals surface area contributed by atoms with Crippen molar-refractivity contribution in [2.24, 2.45) is 5.73 Å². The number of rotatable bonds is 8. The van der Waals surface area contributed by atoms with Gasteiger partial charge in [-0.05, 0) is 17.7 Å². The predicted octanol–water partition coefficient (Wildman–Crippen LogP) is 1.11. The molecule has 0 aliphatic rings. The number of nitrogens with two attached hydrogens (primary N) is 1. The standard InChI is InChI=1S/C13H19FN2O3S/c1-3-6-16(7-8-19-2)20(17,18)13-9-12(14)5-4-11(13)10-15/h3-5,9H,1,6-8,10,15H2,2H3. The zero-order valence-corrected chi connectivity index (χ0v) is 12.2. The number of methoxy groups -OCH3 is 1. The van der Waals surface area contributed by atoms with Gasteiger partial charge >= 0.3 is 0 Å². The van der Waals surface area contributed by atoms with Crippen molar-refractivity contribution in [3.05, 3.63) is 42.2 Å². The summed E-state index contributed by atoms with van der Waals surface area (Å²) < 4.78 is 44.5. The van der Waals surface area contributed by atoms with Crippen LogP contribution in [0.2, 0.25) is 0 Å². The molecule has 1 aromatic carbocycles. The molecule has 1 rings (SSSR count). The first-order valence-corrected chi connectivity index (χ1v) is 7.49. The molecule has 0 aromatic heterocycles. The van der Waals surface area contributed by atoms with E-state index in [2.05, 4.69) is 6.58 Å². The molecule has 0 saturated carbocycles. The maximum Gasteiger partial charge on any atom is 0.243 e. The van der Waals surface area contributed by atoms with Gasteiger partial charge in [-0.25, -0.2) is 12.8 Å². The van der Waals surface area contributed by atoms with Crippen molar-refractivity contribution >= 4 is 10.0 Å². The quantitative estimate of drug-likeness (QED) is 0.730. The molecule has 112 valence electrons. The van der Waals surface area contributed by atoms with Crippen molar-refractivity contribution in [1.82, 2.24) is 4.31 Å². The molecule has 0 spiro atoms. The zero-order chi connectivity index (χ0) is 15.2. The Bertz CT molecular complexity index is 561. The van der Waals surface area contributed by atoms with Gasteiger partial charge in [-0.15, -0.1) is 6.58 Å². The first kappa shape index (κ1) is 16.8. The number of halogens is 1. The van der Waals surface area contributed by atoms with Crippen LogP contribution in [0, 0.1) is 5.82 Å². The largest absolute Gasteiger partial charge is 0.383 e. The minimum Gasteiger partial charge on any atom is -0.383 e. The van der Waals surface area contributed by atoms with Gasteiger partial charge in [0.25, 0.3) is 0 Å². The third-order valence-electron chi connectivity index (χ3n) is 2.74. The van der Waals surface area contributed by atoms with Crippen LogP contribution in [0.5, 0.6) is 0 Å². The van der Waals surface area contributed by atoms with Crippen molar-refractivity contribution < 1.29 is 17.5 Å². The molecule has 7 heteroatoms. The van der Waals surface area contributed by atoms with E-state index in [-0.39, 0.29) is 31.1 Å². The van der Waals surface area contributed by atoms with E-state index in [1.165, 1.54) is 29.6 Å². The third-order valence-corrected chi connectivity index (χ3v) is 4.69. The Morgan fingerprint density at radius 1 is 1.50 bits per heavy atom. The van der Waals surface area contributed by atoms with E-state index < -0.39 is 15.8 Å². The van der Waals surface area contributed by atoms with Gasteiger partial charge in [-0.3, -0.25) is 0 Å². The van der Waals surface area contributed by atoms with Gasteiger partial charge in [0, 0.05) is 26.7 Å². The molecule has 1 aromatic rings. The van der Waals surface area contributed by atoms with E-state index in [0.29, 0.717) is 5.56 Å². The third kappa shape index (κ3) is 3.86. The minimum atomic E-state index is -3.84. The van der Waals surface area contributed by atoms with Crippen molar-refractivity contribution in [2.45, 2.75) is 11.4 Å². The van der Waals surface area contributed by atoms with Crippen LogP contribution in [0.25, 0.3) is 0 Å². The van der Waals surface area contributed by atoms with Gasteiger partial charge in [0.15, 0.2) is 0 Å². The normalized spacial score (nSPS) is 11.8. The van der Waals surface area contributed by atoms with Gasteiger partial charge in [-0.1, -0.05) is 12.1 Å². The number of nitrogens with zero attached hydrogens (tertiary/aromatic N) is 1. The van der Waals surface area contributed by atoms with Crippen molar-refractivity contribution in [2.75, 3.05) is 26.8 Å². The Balaban J connectivity index is 3.24. The Kier molecular flexibility index (Phi) is 6.28. The Morgan fingerprint density at radius 2 is 2.20 bits per heavy atom. The van der Waals surface area contributed by atoms with Crippen LogP contribution in [0.15, 0.2) is 35.7 Å². The molecule has 2 N–H and O–H groups in total. The molecule has 0 heterocycles. The molecular formula is C13H19FN2O3S. The fraction of sp³-hybridized carbons (Fsp3) is 0.385. The fourth-order valence-corrected chi connectivity index (χ4v) is 3.36. The van der Waals surface area contributed by atoms with E-state index in [4.69, 9.17) is 10.5 Å². The summed E-state index contributed by atoms with van der Waals surface area (Å²) in [5.74, 6) is -0.619. The number of hydrogen-bond donors (Lipinski definition) is 1. The lowest BCUT2D eigenvalue weighted by Gasteiger charge is -2.21. The van der Waals surface area contributed by atoms with E-state index >= 15 is 0 Å². The first-order valence-electron chi connectivity index (χ1n) is 6.05. The Morgan fingerprint density at radius 3 is 2.75 bits per heavy atom. The van der Waals surface area contributed by atoms with E-state index in [9.17, 15) is 12.8 Å². The second-order valence-corrected chi connectivity index (χ2v) is 6.01. The van der Waals surface area contributed by atoms with Crippen molar-refractivity contribution in [3.63, 3.8) is 0 Å². The summed E-state index contributed by atoms with van der Waals surface area (Å²) in [5, 5.41) is 0. The highest BCUT2D eigenvalue weighted by molar-refractivity contribution is 7.89. The maximum absolute atomic E-state index is 13.3. The predicted molar refractivity (Wildman–Crippen MR) is 75.1 cm³/mol. The van der Waals surface area contributed by atoms with Crippen LogP contribution in [0.4, 0.5) is 4.39 Å². The monoisotopic (exact) mass is 302 g/mol. The molecule has 0 amide bonds. The zero-order valence-electron chi connectivity index (χ0n) is 11.4.